The topological polar surface area (TPSA) is 124 Å². The molecule has 0 saturated heterocycles. The van der Waals surface area contributed by atoms with Crippen molar-refractivity contribution in [2.24, 2.45) is 0 Å². The number of hydrogen-bond donors (Lipinski definition) is 2. The van der Waals surface area contributed by atoms with Gasteiger partial charge in [0.1, 0.15) is 0 Å². The number of amides is 2. The zero-order valence-corrected chi connectivity index (χ0v) is 20.6. The molecule has 0 aliphatic rings. The van der Waals surface area contributed by atoms with Gasteiger partial charge in [0.15, 0.2) is 5.69 Å². The van der Waals surface area contributed by atoms with E-state index in [9.17, 15) is 14.4 Å². The van der Waals surface area contributed by atoms with Crippen molar-refractivity contribution in [3.8, 4) is 0 Å². The van der Waals surface area contributed by atoms with Gasteiger partial charge in [-0.15, -0.1) is 5.10 Å². The number of nitrogens with one attached hydrogen (secondary N) is 2. The summed E-state index contributed by atoms with van der Waals surface area (Å²) in [6.45, 7) is 3.40. The Balaban J connectivity index is 1.19. The van der Waals surface area contributed by atoms with Gasteiger partial charge in [-0.25, -0.2) is 0 Å². The summed E-state index contributed by atoms with van der Waals surface area (Å²) in [5, 5.41) is 13.5. The van der Waals surface area contributed by atoms with E-state index in [2.05, 4.69) is 25.9 Å². The van der Waals surface area contributed by atoms with Crippen molar-refractivity contribution < 1.29 is 9.59 Å². The summed E-state index contributed by atoms with van der Waals surface area (Å²) in [4.78, 5) is 41.2. The van der Waals surface area contributed by atoms with Crippen LogP contribution in [0.5, 0.6) is 0 Å². The first-order chi connectivity index (χ1) is 18.0. The number of hydrogen-bond acceptors (Lipinski definition) is 6. The Morgan fingerprint density at radius 2 is 1.86 bits per heavy atom. The van der Waals surface area contributed by atoms with Gasteiger partial charge in [-0.1, -0.05) is 41.1 Å². The van der Waals surface area contributed by atoms with Gasteiger partial charge < -0.3 is 15.2 Å². The Kier molecular flexibility index (Phi) is 8.53. The van der Waals surface area contributed by atoms with Crippen molar-refractivity contribution >= 4 is 17.5 Å². The van der Waals surface area contributed by atoms with E-state index in [1.165, 1.54) is 6.07 Å². The lowest BCUT2D eigenvalue weighted by atomic mass is 10.1. The van der Waals surface area contributed by atoms with Crippen LogP contribution in [0.15, 0.2) is 78.0 Å². The molecule has 4 aromatic rings. The van der Waals surface area contributed by atoms with E-state index >= 15 is 0 Å². The lowest BCUT2D eigenvalue weighted by molar-refractivity contribution is -0.115. The van der Waals surface area contributed by atoms with E-state index in [1.807, 2.05) is 49.4 Å². The van der Waals surface area contributed by atoms with Gasteiger partial charge in [0, 0.05) is 37.2 Å². The average Bonchev–Trinajstić information content (AvgIpc) is 3.36. The van der Waals surface area contributed by atoms with Crippen molar-refractivity contribution in [1.82, 2.24) is 29.9 Å². The van der Waals surface area contributed by atoms with Crippen molar-refractivity contribution in [1.29, 1.82) is 0 Å². The molecule has 3 aromatic heterocycles. The van der Waals surface area contributed by atoms with E-state index in [0.29, 0.717) is 25.3 Å². The molecule has 2 N–H and O–H groups in total. The van der Waals surface area contributed by atoms with Gasteiger partial charge >= 0.3 is 0 Å². The maximum atomic E-state index is 12.5. The molecule has 37 heavy (non-hydrogen) atoms. The van der Waals surface area contributed by atoms with Gasteiger partial charge in [-0.2, -0.15) is 0 Å². The third-order valence-corrected chi connectivity index (χ3v) is 5.69. The van der Waals surface area contributed by atoms with Crippen LogP contribution in [0.4, 0.5) is 5.69 Å². The van der Waals surface area contributed by atoms with Gasteiger partial charge in [0.2, 0.25) is 5.91 Å². The minimum absolute atomic E-state index is 0.166. The lowest BCUT2D eigenvalue weighted by Gasteiger charge is -2.09. The summed E-state index contributed by atoms with van der Waals surface area (Å²) in [6.07, 6.45) is 6.70. The molecule has 2 amide bonds. The maximum Gasteiger partial charge on any atom is 0.273 e. The van der Waals surface area contributed by atoms with Gasteiger partial charge in [0.05, 0.1) is 24.9 Å². The first kappa shape index (κ1) is 25.5. The first-order valence-electron chi connectivity index (χ1n) is 12.1. The minimum atomic E-state index is -0.311. The summed E-state index contributed by atoms with van der Waals surface area (Å²) in [5.74, 6) is -0.477. The minimum Gasteiger partial charge on any atom is -0.345 e. The highest BCUT2D eigenvalue weighted by atomic mass is 16.2. The summed E-state index contributed by atoms with van der Waals surface area (Å²) >= 11 is 0. The number of rotatable bonds is 11. The molecule has 190 valence electrons. The van der Waals surface area contributed by atoms with Crippen LogP contribution in [0.25, 0.3) is 0 Å². The predicted octanol–water partition coefficient (Wildman–Crippen LogP) is 2.73. The summed E-state index contributed by atoms with van der Waals surface area (Å²) in [5.41, 5.74) is 3.33. The van der Waals surface area contributed by atoms with E-state index < -0.39 is 0 Å². The van der Waals surface area contributed by atoms with E-state index in [0.717, 1.165) is 29.7 Å². The zero-order chi connectivity index (χ0) is 26.0. The van der Waals surface area contributed by atoms with Crippen molar-refractivity contribution in [2.45, 2.75) is 45.8 Å². The number of anilines is 1. The van der Waals surface area contributed by atoms with Crippen LogP contribution < -0.4 is 16.2 Å². The fraction of sp³-hybridized carbons (Fsp3) is 0.259. The average molecular weight is 500 g/mol. The van der Waals surface area contributed by atoms with Crippen molar-refractivity contribution in [3.05, 3.63) is 106 Å². The summed E-state index contributed by atoms with van der Waals surface area (Å²) < 4.78 is 3.22. The van der Waals surface area contributed by atoms with E-state index in [4.69, 9.17) is 0 Å². The molecule has 10 nitrogen and oxygen atoms in total. The van der Waals surface area contributed by atoms with Gasteiger partial charge in [0.25, 0.3) is 11.5 Å². The Labute approximate surface area is 214 Å². The highest BCUT2D eigenvalue weighted by molar-refractivity contribution is 5.92. The molecule has 0 unspecified atom stereocenters. The molecule has 0 spiro atoms. The number of benzene rings is 1. The normalized spacial score (nSPS) is 10.7. The third kappa shape index (κ3) is 7.69. The van der Waals surface area contributed by atoms with E-state index in [-0.39, 0.29) is 29.5 Å². The van der Waals surface area contributed by atoms with Crippen LogP contribution in [0.2, 0.25) is 0 Å². The first-order valence-corrected chi connectivity index (χ1v) is 12.1. The van der Waals surface area contributed by atoms with Crippen molar-refractivity contribution in [2.75, 3.05) is 5.32 Å². The third-order valence-electron chi connectivity index (χ3n) is 5.69. The van der Waals surface area contributed by atoms with E-state index in [1.54, 1.807) is 33.9 Å². The zero-order valence-electron chi connectivity index (χ0n) is 20.6. The number of unbranched alkanes of at least 4 members (excludes halogenated alkanes) is 1. The smallest absolute Gasteiger partial charge is 0.273 e. The molecule has 0 atom stereocenters. The Morgan fingerprint density at radius 1 is 1.00 bits per heavy atom. The molecule has 0 radical (unpaired) electrons. The van der Waals surface area contributed by atoms with Crippen LogP contribution in [0, 0.1) is 6.92 Å². The lowest BCUT2D eigenvalue weighted by Crippen LogP contribution is -2.23. The molecule has 3 heterocycles. The predicted molar refractivity (Wildman–Crippen MR) is 139 cm³/mol. The highest BCUT2D eigenvalue weighted by Gasteiger charge is 2.11. The quantitative estimate of drug-likeness (QED) is 0.306. The molecule has 0 bridgehead atoms. The Bertz CT molecular complexity index is 1410. The number of pyridine rings is 2. The van der Waals surface area contributed by atoms with Crippen LogP contribution >= 0.6 is 0 Å². The van der Waals surface area contributed by atoms with Crippen LogP contribution in [-0.4, -0.2) is 36.4 Å². The van der Waals surface area contributed by atoms with Crippen molar-refractivity contribution in [3.63, 3.8) is 0 Å². The summed E-state index contributed by atoms with van der Waals surface area (Å²) in [6, 6.07) is 16.4. The molecular formula is C27H29N7O3. The molecule has 0 saturated carbocycles. The number of carbonyl (C=O) groups is 2. The van der Waals surface area contributed by atoms with Gasteiger partial charge in [-0.3, -0.25) is 24.0 Å². The fourth-order valence-corrected chi connectivity index (χ4v) is 3.81. The molecule has 0 aliphatic heterocycles. The van der Waals surface area contributed by atoms with Crippen LogP contribution in [0.1, 0.15) is 40.2 Å². The number of nitrogens with zero attached hydrogens (tertiary/aromatic N) is 5. The number of carbonyl (C=O) groups excluding carboxylic acids is 2. The SMILES string of the molecule is Cc1cccc(CC(=O)Nc2ccn(CCCCn3cc(C(=O)NCc4ccccn4)nn3)c(=O)c2)c1. The largest absolute Gasteiger partial charge is 0.345 e. The standard InChI is InChI=1S/C27H29N7O3/c1-20-7-6-8-21(15-20)16-25(35)30-22-10-14-33(26(36)17-22)12-4-5-13-34-19-24(31-32-34)27(37)29-18-23-9-2-3-11-28-23/h2-3,6-11,14-15,17,19H,4-5,12-13,16,18H2,1H3,(H,29,37)(H,30,35). The highest BCUT2D eigenvalue weighted by Crippen LogP contribution is 2.08. The Morgan fingerprint density at radius 3 is 2.65 bits per heavy atom. The Hall–Kier alpha value is -4.60. The summed E-state index contributed by atoms with van der Waals surface area (Å²) in [7, 11) is 0. The fourth-order valence-electron chi connectivity index (χ4n) is 3.81. The molecule has 10 heteroatoms. The van der Waals surface area contributed by atoms with Gasteiger partial charge in [-0.05, 0) is 43.5 Å². The number of aryl methyl sites for hydroxylation is 3. The number of aromatic nitrogens is 5. The second kappa shape index (κ2) is 12.4. The molecule has 0 fully saturated rings. The molecule has 4 rings (SSSR count). The maximum absolute atomic E-state index is 12.5. The second-order valence-corrected chi connectivity index (χ2v) is 8.74. The molecule has 1 aromatic carbocycles. The molecular weight excluding hydrogens is 470 g/mol. The molecule has 0 aliphatic carbocycles. The monoisotopic (exact) mass is 499 g/mol. The van der Waals surface area contributed by atoms with Crippen LogP contribution in [-0.2, 0) is 30.8 Å². The van der Waals surface area contributed by atoms with Crippen LogP contribution in [0.3, 0.4) is 0 Å². The second-order valence-electron chi connectivity index (χ2n) is 8.74.